The molecule has 0 spiro atoms. The zero-order valence-corrected chi connectivity index (χ0v) is 24.2. The monoisotopic (exact) mass is 578 g/mol. The van der Waals surface area contributed by atoms with Crippen molar-refractivity contribution in [1.29, 1.82) is 0 Å². The first kappa shape index (κ1) is 25.4. The van der Waals surface area contributed by atoms with Gasteiger partial charge in [-0.3, -0.25) is 0 Å². The van der Waals surface area contributed by atoms with Gasteiger partial charge in [0.25, 0.3) is 0 Å². The number of nitrogens with zero attached hydrogens (tertiary/aromatic N) is 2. The standard InChI is InChI=1S/C41H26N2O2/c1-3-12-28(13-4-1)33-17-9-10-18-37(33)43(31-20-19-27-11-7-8-16-30(27)23-31)32-21-22-34-35-25-36-40(26-39(35)44-38(34)24-32)45-41(42-36)29-14-5-2-6-15-29/h1-26H. The summed E-state index contributed by atoms with van der Waals surface area (Å²) >= 11 is 0. The van der Waals surface area contributed by atoms with Gasteiger partial charge in [-0.15, -0.1) is 0 Å². The van der Waals surface area contributed by atoms with Crippen molar-refractivity contribution >= 4 is 60.9 Å². The van der Waals surface area contributed by atoms with Crippen LogP contribution in [0, 0.1) is 0 Å². The van der Waals surface area contributed by atoms with Crippen LogP contribution in [0.2, 0.25) is 0 Å². The summed E-state index contributed by atoms with van der Waals surface area (Å²) in [5, 5.41) is 4.44. The highest BCUT2D eigenvalue weighted by atomic mass is 16.4. The highest BCUT2D eigenvalue weighted by Gasteiger charge is 2.20. The molecule has 0 saturated heterocycles. The van der Waals surface area contributed by atoms with Crippen LogP contribution in [0.1, 0.15) is 0 Å². The van der Waals surface area contributed by atoms with Crippen LogP contribution >= 0.6 is 0 Å². The molecule has 0 bridgehead atoms. The van der Waals surface area contributed by atoms with Crippen LogP contribution in [0.25, 0.3) is 66.4 Å². The van der Waals surface area contributed by atoms with E-state index in [4.69, 9.17) is 13.8 Å². The predicted molar refractivity (Wildman–Crippen MR) is 184 cm³/mol. The minimum atomic E-state index is 0.605. The van der Waals surface area contributed by atoms with Crippen molar-refractivity contribution in [2.75, 3.05) is 4.90 Å². The molecule has 4 nitrogen and oxygen atoms in total. The normalized spacial score (nSPS) is 11.6. The van der Waals surface area contributed by atoms with Gasteiger partial charge in [0.05, 0.1) is 5.69 Å². The second kappa shape index (κ2) is 10.2. The predicted octanol–water partition coefficient (Wildman–Crippen LogP) is 11.7. The fourth-order valence-electron chi connectivity index (χ4n) is 6.30. The second-order valence-electron chi connectivity index (χ2n) is 11.2. The number of para-hydroxylation sites is 1. The topological polar surface area (TPSA) is 42.4 Å². The molecular formula is C41H26N2O2. The zero-order chi connectivity index (χ0) is 29.7. The summed E-state index contributed by atoms with van der Waals surface area (Å²) in [5.74, 6) is 0.605. The summed E-state index contributed by atoms with van der Waals surface area (Å²) in [6.45, 7) is 0. The Labute approximate surface area is 259 Å². The number of anilines is 3. The van der Waals surface area contributed by atoms with Gasteiger partial charge >= 0.3 is 0 Å². The molecule has 0 aliphatic carbocycles. The number of oxazole rings is 1. The van der Waals surface area contributed by atoms with E-state index in [-0.39, 0.29) is 0 Å². The SMILES string of the molecule is c1ccc(-c2nc3cc4c(cc3o2)oc2cc(N(c3ccc5ccccc5c3)c3ccccc3-c3ccccc3)ccc24)cc1. The summed E-state index contributed by atoms with van der Waals surface area (Å²) in [6, 6.07) is 54.7. The number of fused-ring (bicyclic) bond motifs is 5. The summed E-state index contributed by atoms with van der Waals surface area (Å²) < 4.78 is 12.7. The van der Waals surface area contributed by atoms with E-state index in [0.717, 1.165) is 61.2 Å². The van der Waals surface area contributed by atoms with Crippen molar-refractivity contribution in [3.8, 4) is 22.6 Å². The van der Waals surface area contributed by atoms with Crippen molar-refractivity contribution in [3.05, 3.63) is 158 Å². The molecule has 9 aromatic rings. The Hall–Kier alpha value is -6.13. The Bertz CT molecular complexity index is 2490. The molecule has 2 heterocycles. The second-order valence-corrected chi connectivity index (χ2v) is 11.2. The molecule has 2 aromatic heterocycles. The Morgan fingerprint density at radius 2 is 1.11 bits per heavy atom. The lowest BCUT2D eigenvalue weighted by atomic mass is 10.0. The minimum Gasteiger partial charge on any atom is -0.456 e. The molecular weight excluding hydrogens is 552 g/mol. The zero-order valence-electron chi connectivity index (χ0n) is 24.2. The molecule has 0 N–H and O–H groups in total. The van der Waals surface area contributed by atoms with Crippen molar-refractivity contribution < 1.29 is 8.83 Å². The Morgan fingerprint density at radius 3 is 1.96 bits per heavy atom. The number of benzene rings is 7. The first-order chi connectivity index (χ1) is 22.3. The van der Waals surface area contributed by atoms with E-state index >= 15 is 0 Å². The lowest BCUT2D eigenvalue weighted by Crippen LogP contribution is -2.11. The molecule has 0 fully saturated rings. The lowest BCUT2D eigenvalue weighted by Gasteiger charge is -2.28. The van der Waals surface area contributed by atoms with Crippen molar-refractivity contribution in [2.24, 2.45) is 0 Å². The molecule has 0 saturated carbocycles. The van der Waals surface area contributed by atoms with E-state index < -0.39 is 0 Å². The average Bonchev–Trinajstić information content (AvgIpc) is 3.68. The highest BCUT2D eigenvalue weighted by Crippen LogP contribution is 2.43. The van der Waals surface area contributed by atoms with Crippen LogP contribution in [0.15, 0.2) is 167 Å². The van der Waals surface area contributed by atoms with E-state index in [1.54, 1.807) is 0 Å². The maximum Gasteiger partial charge on any atom is 0.227 e. The molecule has 9 rings (SSSR count). The third kappa shape index (κ3) is 4.35. The van der Waals surface area contributed by atoms with E-state index in [0.29, 0.717) is 11.5 Å². The van der Waals surface area contributed by atoms with Gasteiger partial charge in [0, 0.05) is 45.4 Å². The molecule has 212 valence electrons. The minimum absolute atomic E-state index is 0.605. The van der Waals surface area contributed by atoms with Gasteiger partial charge in [-0.25, -0.2) is 4.98 Å². The van der Waals surface area contributed by atoms with E-state index in [2.05, 4.69) is 126 Å². The van der Waals surface area contributed by atoms with E-state index in [1.165, 1.54) is 10.8 Å². The molecule has 0 amide bonds. The maximum absolute atomic E-state index is 6.51. The molecule has 0 aliphatic rings. The number of furan rings is 1. The number of hydrogen-bond donors (Lipinski definition) is 0. The summed E-state index contributed by atoms with van der Waals surface area (Å²) in [6.07, 6.45) is 0. The molecule has 4 heteroatoms. The van der Waals surface area contributed by atoms with E-state index in [9.17, 15) is 0 Å². The fraction of sp³-hybridized carbons (Fsp3) is 0. The van der Waals surface area contributed by atoms with Gasteiger partial charge in [-0.05, 0) is 64.9 Å². The van der Waals surface area contributed by atoms with Gasteiger partial charge in [0.1, 0.15) is 16.7 Å². The van der Waals surface area contributed by atoms with Crippen molar-refractivity contribution in [3.63, 3.8) is 0 Å². The van der Waals surface area contributed by atoms with Gasteiger partial charge in [-0.1, -0.05) is 97.1 Å². The molecule has 0 aliphatic heterocycles. The average molecular weight is 579 g/mol. The van der Waals surface area contributed by atoms with Crippen molar-refractivity contribution in [1.82, 2.24) is 4.98 Å². The van der Waals surface area contributed by atoms with E-state index in [1.807, 2.05) is 36.4 Å². The summed E-state index contributed by atoms with van der Waals surface area (Å²) in [7, 11) is 0. The first-order valence-electron chi connectivity index (χ1n) is 15.0. The highest BCUT2D eigenvalue weighted by molar-refractivity contribution is 6.10. The third-order valence-electron chi connectivity index (χ3n) is 8.46. The Kier molecular flexibility index (Phi) is 5.78. The number of aromatic nitrogens is 1. The van der Waals surface area contributed by atoms with Crippen LogP contribution in [-0.4, -0.2) is 4.98 Å². The number of hydrogen-bond acceptors (Lipinski definition) is 4. The largest absolute Gasteiger partial charge is 0.456 e. The van der Waals surface area contributed by atoms with Crippen LogP contribution in [0.3, 0.4) is 0 Å². The molecule has 0 radical (unpaired) electrons. The van der Waals surface area contributed by atoms with Crippen LogP contribution in [0.4, 0.5) is 17.1 Å². The van der Waals surface area contributed by atoms with Crippen LogP contribution < -0.4 is 4.90 Å². The first-order valence-corrected chi connectivity index (χ1v) is 15.0. The van der Waals surface area contributed by atoms with Crippen LogP contribution in [-0.2, 0) is 0 Å². The Morgan fingerprint density at radius 1 is 0.444 bits per heavy atom. The smallest absolute Gasteiger partial charge is 0.227 e. The van der Waals surface area contributed by atoms with Crippen molar-refractivity contribution in [2.45, 2.75) is 0 Å². The van der Waals surface area contributed by atoms with Gasteiger partial charge in [0.2, 0.25) is 5.89 Å². The Balaban J connectivity index is 1.22. The fourth-order valence-corrected chi connectivity index (χ4v) is 6.30. The maximum atomic E-state index is 6.51. The van der Waals surface area contributed by atoms with Gasteiger partial charge < -0.3 is 13.7 Å². The lowest BCUT2D eigenvalue weighted by molar-refractivity contribution is 0.617. The van der Waals surface area contributed by atoms with Crippen LogP contribution in [0.5, 0.6) is 0 Å². The molecule has 0 atom stereocenters. The van der Waals surface area contributed by atoms with Gasteiger partial charge in [-0.2, -0.15) is 0 Å². The molecule has 0 unspecified atom stereocenters. The quantitative estimate of drug-likeness (QED) is 0.204. The summed E-state index contributed by atoms with van der Waals surface area (Å²) in [4.78, 5) is 7.11. The molecule has 45 heavy (non-hydrogen) atoms. The van der Waals surface area contributed by atoms with Gasteiger partial charge in [0.15, 0.2) is 5.58 Å². The molecule has 7 aromatic carbocycles. The summed E-state index contributed by atoms with van der Waals surface area (Å²) in [5.41, 5.74) is 9.52. The third-order valence-corrected chi connectivity index (χ3v) is 8.46. The number of rotatable bonds is 5.